The molecule has 3 aromatic carbocycles. The van der Waals surface area contributed by atoms with Gasteiger partial charge in [-0.3, -0.25) is 14.5 Å². The van der Waals surface area contributed by atoms with Crippen molar-refractivity contribution in [2.75, 3.05) is 7.11 Å². The van der Waals surface area contributed by atoms with E-state index in [1.165, 1.54) is 4.90 Å². The summed E-state index contributed by atoms with van der Waals surface area (Å²) in [6, 6.07) is 20.6. The van der Waals surface area contributed by atoms with Crippen molar-refractivity contribution < 1.29 is 19.1 Å². The van der Waals surface area contributed by atoms with E-state index < -0.39 is 0 Å². The molecule has 1 aliphatic rings. The largest absolute Gasteiger partial charge is 0.493 e. The predicted octanol–water partition coefficient (Wildman–Crippen LogP) is 6.47. The quantitative estimate of drug-likeness (QED) is 0.363. The van der Waals surface area contributed by atoms with Gasteiger partial charge in [0.05, 0.1) is 18.6 Å². The maximum Gasteiger partial charge on any atom is 0.293 e. The smallest absolute Gasteiger partial charge is 0.293 e. The first-order valence-electron chi connectivity index (χ1n) is 10.3. The summed E-state index contributed by atoms with van der Waals surface area (Å²) in [7, 11) is 1.56. The lowest BCUT2D eigenvalue weighted by Gasteiger charge is -2.14. The van der Waals surface area contributed by atoms with Gasteiger partial charge >= 0.3 is 0 Å². The van der Waals surface area contributed by atoms with Crippen molar-refractivity contribution in [1.82, 2.24) is 4.90 Å². The van der Waals surface area contributed by atoms with Crippen LogP contribution in [0.5, 0.6) is 11.5 Å². The number of thioether (sulfide) groups is 1. The van der Waals surface area contributed by atoms with Crippen LogP contribution in [0.3, 0.4) is 0 Å². The molecular weight excluding hydrogens is 458 g/mol. The van der Waals surface area contributed by atoms with E-state index in [0.29, 0.717) is 33.6 Å². The van der Waals surface area contributed by atoms with E-state index in [1.54, 1.807) is 31.4 Å². The van der Waals surface area contributed by atoms with Gasteiger partial charge in [-0.1, -0.05) is 65.7 Å². The molecule has 33 heavy (non-hydrogen) atoms. The highest BCUT2D eigenvalue weighted by Gasteiger charge is 2.35. The SMILES string of the molecule is COc1cccc(/C=C2\SC(=O)N(Cc3cccc(C)c3)C2=O)c1OCc1ccc(Cl)cc1. The minimum absolute atomic E-state index is 0.238. The summed E-state index contributed by atoms with van der Waals surface area (Å²) in [4.78, 5) is 27.2. The van der Waals surface area contributed by atoms with E-state index in [4.69, 9.17) is 21.1 Å². The summed E-state index contributed by atoms with van der Waals surface area (Å²) >= 11 is 6.88. The zero-order valence-electron chi connectivity index (χ0n) is 18.2. The third-order valence-corrected chi connectivity index (χ3v) is 6.27. The van der Waals surface area contributed by atoms with Crippen LogP contribution >= 0.6 is 23.4 Å². The second-order valence-electron chi connectivity index (χ2n) is 7.55. The average Bonchev–Trinajstić information content (AvgIpc) is 3.06. The zero-order valence-corrected chi connectivity index (χ0v) is 19.8. The number of methoxy groups -OCH3 is 1. The van der Waals surface area contributed by atoms with E-state index in [9.17, 15) is 9.59 Å². The van der Waals surface area contributed by atoms with Crippen molar-refractivity contribution in [3.8, 4) is 11.5 Å². The lowest BCUT2D eigenvalue weighted by Crippen LogP contribution is -2.27. The van der Waals surface area contributed by atoms with Crippen LogP contribution in [0.1, 0.15) is 22.3 Å². The molecule has 0 N–H and O–H groups in total. The number of nitrogens with zero attached hydrogens (tertiary/aromatic N) is 1. The van der Waals surface area contributed by atoms with Crippen LogP contribution in [-0.4, -0.2) is 23.2 Å². The Morgan fingerprint density at radius 2 is 1.76 bits per heavy atom. The summed E-state index contributed by atoms with van der Waals surface area (Å²) in [5.41, 5.74) is 3.58. The van der Waals surface area contributed by atoms with Crippen LogP contribution in [0.4, 0.5) is 4.79 Å². The number of benzene rings is 3. The molecule has 2 amide bonds. The Balaban J connectivity index is 1.58. The number of imide groups is 1. The van der Waals surface area contributed by atoms with Gasteiger partial charge in [-0.05, 0) is 54.1 Å². The highest BCUT2D eigenvalue weighted by Crippen LogP contribution is 2.38. The minimum atomic E-state index is -0.321. The Hall–Kier alpha value is -3.22. The Labute approximate surface area is 202 Å². The molecule has 1 saturated heterocycles. The lowest BCUT2D eigenvalue weighted by atomic mass is 10.1. The monoisotopic (exact) mass is 479 g/mol. The Bertz CT molecular complexity index is 1220. The van der Waals surface area contributed by atoms with Crippen LogP contribution in [0, 0.1) is 6.92 Å². The molecule has 0 radical (unpaired) electrons. The first-order chi connectivity index (χ1) is 15.9. The van der Waals surface area contributed by atoms with Gasteiger partial charge in [0.25, 0.3) is 11.1 Å². The lowest BCUT2D eigenvalue weighted by molar-refractivity contribution is -0.123. The molecule has 0 spiro atoms. The minimum Gasteiger partial charge on any atom is -0.493 e. The third kappa shape index (κ3) is 5.41. The standard InChI is InChI=1S/C26H22ClNO4S/c1-17-5-3-6-19(13-17)15-28-25(29)23(33-26(28)30)14-20-7-4-8-22(31-2)24(20)32-16-18-9-11-21(27)12-10-18/h3-14H,15-16H2,1-2H3/b23-14-. The van der Waals surface area contributed by atoms with E-state index in [0.717, 1.165) is 28.5 Å². The number of carbonyl (C=O) groups excluding carboxylic acids is 2. The van der Waals surface area contributed by atoms with Crippen molar-refractivity contribution in [3.63, 3.8) is 0 Å². The number of ether oxygens (including phenoxy) is 2. The van der Waals surface area contributed by atoms with Gasteiger partial charge in [0.15, 0.2) is 11.5 Å². The molecule has 1 aliphatic heterocycles. The summed E-state index contributed by atoms with van der Waals surface area (Å²) in [6.07, 6.45) is 1.68. The van der Waals surface area contributed by atoms with Gasteiger partial charge in [0, 0.05) is 10.6 Å². The number of carbonyl (C=O) groups is 2. The molecule has 3 aromatic rings. The van der Waals surface area contributed by atoms with Gasteiger partial charge in [0.1, 0.15) is 6.61 Å². The van der Waals surface area contributed by atoms with E-state index in [-0.39, 0.29) is 17.7 Å². The summed E-state index contributed by atoms with van der Waals surface area (Å²) in [5.74, 6) is 0.718. The predicted molar refractivity (Wildman–Crippen MR) is 131 cm³/mol. The van der Waals surface area contributed by atoms with Crippen molar-refractivity contribution in [2.45, 2.75) is 20.1 Å². The molecule has 168 valence electrons. The van der Waals surface area contributed by atoms with Gasteiger partial charge in [-0.15, -0.1) is 0 Å². The normalized spacial score (nSPS) is 14.8. The van der Waals surface area contributed by atoms with Crippen LogP contribution < -0.4 is 9.47 Å². The number of hydrogen-bond donors (Lipinski definition) is 0. The Kier molecular flexibility index (Phi) is 7.06. The molecule has 0 saturated carbocycles. The van der Waals surface area contributed by atoms with Crippen molar-refractivity contribution in [2.24, 2.45) is 0 Å². The highest BCUT2D eigenvalue weighted by atomic mass is 35.5. The fourth-order valence-corrected chi connectivity index (χ4v) is 4.42. The molecule has 1 fully saturated rings. The van der Waals surface area contributed by atoms with Crippen LogP contribution in [0.2, 0.25) is 5.02 Å². The second kappa shape index (κ2) is 10.1. The molecule has 4 rings (SSSR count). The average molecular weight is 480 g/mol. The maximum atomic E-state index is 13.0. The fourth-order valence-electron chi connectivity index (χ4n) is 3.47. The Morgan fingerprint density at radius 1 is 1.00 bits per heavy atom. The van der Waals surface area contributed by atoms with E-state index >= 15 is 0 Å². The topological polar surface area (TPSA) is 55.8 Å². The number of hydrogen-bond acceptors (Lipinski definition) is 5. The molecule has 1 heterocycles. The fraction of sp³-hybridized carbons (Fsp3) is 0.154. The van der Waals surface area contributed by atoms with Crippen molar-refractivity contribution in [1.29, 1.82) is 0 Å². The highest BCUT2D eigenvalue weighted by molar-refractivity contribution is 8.18. The number of aryl methyl sites for hydroxylation is 1. The summed E-state index contributed by atoms with van der Waals surface area (Å²) in [5, 5.41) is 0.359. The van der Waals surface area contributed by atoms with Crippen LogP contribution in [-0.2, 0) is 17.9 Å². The van der Waals surface area contributed by atoms with E-state index in [1.807, 2.05) is 55.5 Å². The molecule has 7 heteroatoms. The maximum absolute atomic E-state index is 13.0. The molecule has 0 aliphatic carbocycles. The summed E-state index contributed by atoms with van der Waals surface area (Å²) in [6.45, 7) is 2.51. The molecule has 0 bridgehead atoms. The summed E-state index contributed by atoms with van der Waals surface area (Å²) < 4.78 is 11.5. The molecular formula is C26H22ClNO4S. The van der Waals surface area contributed by atoms with Gasteiger partial charge in [-0.25, -0.2) is 0 Å². The third-order valence-electron chi connectivity index (χ3n) is 5.11. The van der Waals surface area contributed by atoms with Crippen LogP contribution in [0.15, 0.2) is 71.6 Å². The molecule has 0 aromatic heterocycles. The van der Waals surface area contributed by atoms with Crippen molar-refractivity contribution in [3.05, 3.63) is 98.9 Å². The number of amides is 2. The molecule has 5 nitrogen and oxygen atoms in total. The number of rotatable bonds is 7. The molecule has 0 atom stereocenters. The second-order valence-corrected chi connectivity index (χ2v) is 8.98. The first-order valence-corrected chi connectivity index (χ1v) is 11.5. The number of halogens is 1. The van der Waals surface area contributed by atoms with Gasteiger partial charge in [-0.2, -0.15) is 0 Å². The van der Waals surface area contributed by atoms with Gasteiger partial charge < -0.3 is 9.47 Å². The zero-order chi connectivity index (χ0) is 23.4. The van der Waals surface area contributed by atoms with Gasteiger partial charge in [0.2, 0.25) is 0 Å². The van der Waals surface area contributed by atoms with E-state index in [2.05, 4.69) is 0 Å². The van der Waals surface area contributed by atoms with Crippen LogP contribution in [0.25, 0.3) is 6.08 Å². The first kappa shape index (κ1) is 23.0. The molecule has 0 unspecified atom stereocenters. The van der Waals surface area contributed by atoms with Crippen molar-refractivity contribution >= 4 is 40.6 Å². The Morgan fingerprint density at radius 3 is 2.48 bits per heavy atom. The number of para-hydroxylation sites is 1.